The number of nitrogens with zero attached hydrogens (tertiary/aromatic N) is 3. The van der Waals surface area contributed by atoms with Gasteiger partial charge in [-0.2, -0.15) is 0 Å². The first-order chi connectivity index (χ1) is 11.7. The van der Waals surface area contributed by atoms with Crippen LogP contribution in [-0.4, -0.2) is 134 Å². The van der Waals surface area contributed by atoms with Crippen molar-refractivity contribution in [2.45, 2.75) is 12.2 Å². The average Bonchev–Trinajstić information content (AvgIpc) is 2.76. The van der Waals surface area contributed by atoms with Crippen molar-refractivity contribution in [2.75, 3.05) is 86.8 Å². The minimum atomic E-state index is -0.528. The number of likely N-dealkylation sites (tertiary alicyclic amines) is 3. The summed E-state index contributed by atoms with van der Waals surface area (Å²) in [4.78, 5) is 6.31. The molecule has 4 fully saturated rings. The summed E-state index contributed by atoms with van der Waals surface area (Å²) < 4.78 is 5.10. The van der Waals surface area contributed by atoms with Crippen molar-refractivity contribution in [1.29, 1.82) is 0 Å². The Bertz CT molecular complexity index is 391. The zero-order chi connectivity index (χ0) is 18.7. The second-order valence-electron chi connectivity index (χ2n) is 8.51. The Balaban J connectivity index is 0.000000135. The molecule has 4 saturated heterocycles. The van der Waals surface area contributed by atoms with Gasteiger partial charge in [0.1, 0.15) is 0 Å². The molecule has 4 N–H and O–H groups in total. The quantitative estimate of drug-likeness (QED) is 0.429. The molecule has 0 amide bonds. The van der Waals surface area contributed by atoms with Crippen LogP contribution in [0.15, 0.2) is 0 Å². The van der Waals surface area contributed by atoms with E-state index < -0.39 is 12.2 Å². The van der Waals surface area contributed by atoms with Gasteiger partial charge >= 0.3 is 0 Å². The predicted molar refractivity (Wildman–Crippen MR) is 94.4 cm³/mol. The fourth-order valence-electron chi connectivity index (χ4n) is 3.98. The van der Waals surface area contributed by atoms with Gasteiger partial charge in [-0.3, -0.25) is 0 Å². The van der Waals surface area contributed by atoms with E-state index in [2.05, 4.69) is 16.8 Å². The molecular weight excluding hydrogens is 326 g/mol. The van der Waals surface area contributed by atoms with E-state index in [1.807, 2.05) is 19.0 Å². The molecule has 4 rings (SSSR count). The molecule has 0 aliphatic carbocycles. The van der Waals surface area contributed by atoms with Crippen molar-refractivity contribution in [1.82, 2.24) is 14.7 Å². The first-order valence-electron chi connectivity index (χ1n) is 8.94. The van der Waals surface area contributed by atoms with Crippen molar-refractivity contribution < 1.29 is 25.2 Å². The first-order valence-corrected chi connectivity index (χ1v) is 8.94. The molecule has 4 aliphatic rings. The third-order valence-electron chi connectivity index (χ3n) is 5.35. The molecule has 1 spiro atoms. The highest BCUT2D eigenvalue weighted by molar-refractivity contribution is 4.97. The van der Waals surface area contributed by atoms with E-state index in [0.717, 1.165) is 26.3 Å². The fourth-order valence-corrected chi connectivity index (χ4v) is 3.98. The Kier molecular flexibility index (Phi) is 7.20. The summed E-state index contributed by atoms with van der Waals surface area (Å²) in [6.45, 7) is 7.58. The number of β-amino-alcohol motifs (C(OH)–C–C–N with tert-alkyl or cyclic N) is 2. The van der Waals surface area contributed by atoms with Crippen molar-refractivity contribution in [3.05, 3.63) is 0 Å². The third-order valence-corrected chi connectivity index (χ3v) is 5.35. The molecule has 0 radical (unpaired) electrons. The van der Waals surface area contributed by atoms with Crippen LogP contribution in [-0.2, 0) is 4.74 Å². The molecule has 0 aromatic rings. The van der Waals surface area contributed by atoms with Gasteiger partial charge in [0.25, 0.3) is 0 Å². The SMILES string of the molecule is CN1CC(CO)(CO)C1.CN1CC(O)C(O)C1.CN1CC2(COC2)C1. The fraction of sp³-hybridized carbons (Fsp3) is 1.00. The van der Waals surface area contributed by atoms with E-state index in [1.165, 1.54) is 13.1 Å². The molecule has 0 bridgehead atoms. The number of aliphatic hydroxyl groups excluding tert-OH is 4. The van der Waals surface area contributed by atoms with Crippen molar-refractivity contribution in [2.24, 2.45) is 10.8 Å². The molecule has 2 unspecified atom stereocenters. The minimum Gasteiger partial charge on any atom is -0.396 e. The zero-order valence-corrected chi connectivity index (χ0v) is 15.8. The lowest BCUT2D eigenvalue weighted by Gasteiger charge is -2.53. The van der Waals surface area contributed by atoms with Crippen LogP contribution in [0.25, 0.3) is 0 Å². The lowest BCUT2D eigenvalue weighted by Crippen LogP contribution is -2.64. The van der Waals surface area contributed by atoms with E-state index in [0.29, 0.717) is 18.5 Å². The molecule has 8 nitrogen and oxygen atoms in total. The Hall–Kier alpha value is -0.320. The summed E-state index contributed by atoms with van der Waals surface area (Å²) in [5, 5.41) is 35.3. The van der Waals surface area contributed by atoms with Crippen LogP contribution < -0.4 is 0 Å². The molecule has 2 atom stereocenters. The molecule has 8 heteroatoms. The van der Waals surface area contributed by atoms with Crippen LogP contribution in [0.3, 0.4) is 0 Å². The van der Waals surface area contributed by atoms with Gasteiger partial charge in [0.05, 0.1) is 38.6 Å². The summed E-state index contributed by atoms with van der Waals surface area (Å²) in [5.74, 6) is 0. The molecule has 0 aromatic heterocycles. The van der Waals surface area contributed by atoms with E-state index in [-0.39, 0.29) is 18.6 Å². The molecule has 4 heterocycles. The maximum atomic E-state index is 8.88. The lowest BCUT2D eigenvalue weighted by atomic mass is 9.79. The van der Waals surface area contributed by atoms with Crippen LogP contribution >= 0.6 is 0 Å². The highest BCUT2D eigenvalue weighted by Gasteiger charge is 2.47. The van der Waals surface area contributed by atoms with Gasteiger partial charge in [0.2, 0.25) is 0 Å². The lowest BCUT2D eigenvalue weighted by molar-refractivity contribution is -0.182. The largest absolute Gasteiger partial charge is 0.396 e. The smallest absolute Gasteiger partial charge is 0.0938 e. The highest BCUT2D eigenvalue weighted by atomic mass is 16.5. The summed E-state index contributed by atoms with van der Waals surface area (Å²) in [7, 11) is 6.01. The number of rotatable bonds is 2. The Labute approximate surface area is 150 Å². The monoisotopic (exact) mass is 361 g/mol. The molecule has 25 heavy (non-hydrogen) atoms. The van der Waals surface area contributed by atoms with Gasteiger partial charge in [-0.15, -0.1) is 0 Å². The molecule has 4 aliphatic heterocycles. The van der Waals surface area contributed by atoms with Gasteiger partial charge in [0.15, 0.2) is 0 Å². The zero-order valence-electron chi connectivity index (χ0n) is 15.8. The molecular formula is C17H35N3O5. The van der Waals surface area contributed by atoms with Gasteiger partial charge in [-0.25, -0.2) is 0 Å². The average molecular weight is 361 g/mol. The van der Waals surface area contributed by atoms with Crippen LogP contribution in [0, 0.1) is 10.8 Å². The maximum Gasteiger partial charge on any atom is 0.0938 e. The van der Waals surface area contributed by atoms with Gasteiger partial charge < -0.3 is 39.9 Å². The number of likely N-dealkylation sites (N-methyl/N-ethyl adjacent to an activating group) is 1. The van der Waals surface area contributed by atoms with E-state index >= 15 is 0 Å². The number of hydrogen-bond donors (Lipinski definition) is 4. The van der Waals surface area contributed by atoms with Crippen LogP contribution in [0.4, 0.5) is 0 Å². The molecule has 0 saturated carbocycles. The van der Waals surface area contributed by atoms with Gasteiger partial charge in [0, 0.05) is 50.1 Å². The topological polar surface area (TPSA) is 99.9 Å². The molecule has 148 valence electrons. The standard InChI is InChI=1S/C6H13NO2.C6H11NO.C5H11NO2/c1-7-2-6(3-7,4-8)5-9;1-7-2-6(3-7)4-8-5-6;1-6-2-4(7)5(8)3-6/h8-9H,2-5H2,1H3;2-5H2,1H3;4-5,7-8H,2-3H2,1H3. The summed E-state index contributed by atoms with van der Waals surface area (Å²) in [6.07, 6.45) is -1.06. The van der Waals surface area contributed by atoms with Gasteiger partial charge in [-0.1, -0.05) is 0 Å². The highest BCUT2D eigenvalue weighted by Crippen LogP contribution is 2.36. The number of aliphatic hydroxyl groups is 4. The van der Waals surface area contributed by atoms with Crippen LogP contribution in [0.2, 0.25) is 0 Å². The normalized spacial score (nSPS) is 33.2. The Morgan fingerprint density at radius 2 is 1.24 bits per heavy atom. The maximum absolute atomic E-state index is 8.88. The molecule has 0 aromatic carbocycles. The third kappa shape index (κ3) is 5.33. The Morgan fingerprint density at radius 1 is 0.800 bits per heavy atom. The first kappa shape index (κ1) is 21.0. The van der Waals surface area contributed by atoms with Crippen LogP contribution in [0.1, 0.15) is 0 Å². The van der Waals surface area contributed by atoms with E-state index in [4.69, 9.17) is 25.2 Å². The number of ether oxygens (including phenoxy) is 1. The minimum absolute atomic E-state index is 0.105. The van der Waals surface area contributed by atoms with E-state index in [9.17, 15) is 0 Å². The van der Waals surface area contributed by atoms with Crippen molar-refractivity contribution in [3.63, 3.8) is 0 Å². The predicted octanol–water partition coefficient (Wildman–Crippen LogP) is -2.50. The Morgan fingerprint density at radius 3 is 1.36 bits per heavy atom. The van der Waals surface area contributed by atoms with Crippen molar-refractivity contribution >= 4 is 0 Å². The van der Waals surface area contributed by atoms with E-state index in [1.54, 1.807) is 0 Å². The summed E-state index contributed by atoms with van der Waals surface area (Å²) in [6, 6.07) is 0. The second kappa shape index (κ2) is 8.58. The second-order valence-corrected chi connectivity index (χ2v) is 8.51. The summed E-state index contributed by atoms with van der Waals surface area (Å²) >= 11 is 0. The number of hydrogen-bond acceptors (Lipinski definition) is 8. The van der Waals surface area contributed by atoms with Crippen LogP contribution in [0.5, 0.6) is 0 Å². The van der Waals surface area contributed by atoms with Gasteiger partial charge in [-0.05, 0) is 21.1 Å². The van der Waals surface area contributed by atoms with Crippen molar-refractivity contribution in [3.8, 4) is 0 Å². The summed E-state index contributed by atoms with van der Waals surface area (Å²) in [5.41, 5.74) is 0.434.